The maximum absolute atomic E-state index is 13.9. The molecule has 202 valence electrons. The zero-order valence-corrected chi connectivity index (χ0v) is 22.7. The summed E-state index contributed by atoms with van der Waals surface area (Å²) in [6.45, 7) is 1.81. The molecule has 0 amide bonds. The summed E-state index contributed by atoms with van der Waals surface area (Å²) in [5, 5.41) is 3.34. The summed E-state index contributed by atoms with van der Waals surface area (Å²) in [4.78, 5) is 26.9. The van der Waals surface area contributed by atoms with Crippen molar-refractivity contribution in [3.63, 3.8) is 0 Å². The molecule has 2 atom stereocenters. The number of rotatable bonds is 8. The molecule has 1 N–H and O–H groups in total. The van der Waals surface area contributed by atoms with Crippen molar-refractivity contribution >= 4 is 11.8 Å². The predicted octanol–water partition coefficient (Wildman–Crippen LogP) is 4.26. The monoisotopic (exact) mass is 523 g/mol. The van der Waals surface area contributed by atoms with Gasteiger partial charge in [-0.25, -0.2) is 4.79 Å². The van der Waals surface area contributed by atoms with Crippen molar-refractivity contribution in [3.8, 4) is 28.7 Å². The number of hydrogen-bond donors (Lipinski definition) is 1. The second-order valence-electron chi connectivity index (χ2n) is 9.05. The lowest BCUT2D eigenvalue weighted by molar-refractivity contribution is -0.136. The van der Waals surface area contributed by atoms with Gasteiger partial charge in [-0.1, -0.05) is 12.1 Å². The molecule has 0 saturated heterocycles. The van der Waals surface area contributed by atoms with Gasteiger partial charge in [0, 0.05) is 29.0 Å². The molecule has 0 aromatic heterocycles. The Balaban J connectivity index is 1.87. The Bertz CT molecular complexity index is 1330. The van der Waals surface area contributed by atoms with E-state index in [0.717, 1.165) is 11.3 Å². The normalized spacial score (nSPS) is 18.9. The number of allylic oxidation sites excluding steroid dienone is 3. The molecular formula is C29H33NO8. The molecule has 9 nitrogen and oxygen atoms in total. The van der Waals surface area contributed by atoms with Gasteiger partial charge in [-0.15, -0.1) is 0 Å². The zero-order chi connectivity index (χ0) is 27.6. The Morgan fingerprint density at radius 3 is 2.08 bits per heavy atom. The Hall–Kier alpha value is -4.14. The van der Waals surface area contributed by atoms with Gasteiger partial charge in [0.05, 0.1) is 54.1 Å². The van der Waals surface area contributed by atoms with E-state index in [2.05, 4.69) is 5.32 Å². The van der Waals surface area contributed by atoms with Crippen molar-refractivity contribution in [1.29, 1.82) is 0 Å². The average Bonchev–Trinajstić information content (AvgIpc) is 2.94. The Labute approximate surface area is 222 Å². The fourth-order valence-electron chi connectivity index (χ4n) is 5.42. The minimum Gasteiger partial charge on any atom is -0.493 e. The van der Waals surface area contributed by atoms with E-state index in [1.54, 1.807) is 33.3 Å². The van der Waals surface area contributed by atoms with Crippen LogP contribution in [0.3, 0.4) is 0 Å². The van der Waals surface area contributed by atoms with Crippen molar-refractivity contribution in [2.45, 2.75) is 31.6 Å². The number of methoxy groups -OCH3 is 6. The topological polar surface area (TPSA) is 102 Å². The number of esters is 1. The summed E-state index contributed by atoms with van der Waals surface area (Å²) < 4.78 is 32.8. The van der Waals surface area contributed by atoms with Crippen LogP contribution in [0.15, 0.2) is 52.9 Å². The van der Waals surface area contributed by atoms with E-state index in [1.165, 1.54) is 28.4 Å². The number of Topliss-reactive ketones (excluding diaryl/α,β-unsaturated/α-hetero) is 1. The third kappa shape index (κ3) is 4.53. The smallest absolute Gasteiger partial charge is 0.336 e. The van der Waals surface area contributed by atoms with Gasteiger partial charge in [0.25, 0.3) is 0 Å². The van der Waals surface area contributed by atoms with Crippen molar-refractivity contribution < 1.29 is 38.0 Å². The fraction of sp³-hybridized carbons (Fsp3) is 0.379. The highest BCUT2D eigenvalue weighted by Crippen LogP contribution is 2.51. The third-order valence-corrected chi connectivity index (χ3v) is 7.16. The molecule has 0 spiro atoms. The minimum absolute atomic E-state index is 0.0747. The van der Waals surface area contributed by atoms with E-state index >= 15 is 0 Å². The average molecular weight is 524 g/mol. The van der Waals surface area contributed by atoms with Crippen molar-refractivity contribution in [2.24, 2.45) is 0 Å². The molecule has 2 aromatic carbocycles. The molecule has 9 heteroatoms. The van der Waals surface area contributed by atoms with E-state index < -0.39 is 11.9 Å². The summed E-state index contributed by atoms with van der Waals surface area (Å²) in [6, 6.07) is 9.23. The van der Waals surface area contributed by atoms with Gasteiger partial charge >= 0.3 is 5.97 Å². The number of carbonyl (C=O) groups excluding carboxylic acids is 2. The van der Waals surface area contributed by atoms with E-state index in [1.807, 2.05) is 18.2 Å². The molecule has 2 aliphatic rings. The van der Waals surface area contributed by atoms with Crippen LogP contribution in [-0.2, 0) is 14.3 Å². The first-order chi connectivity index (χ1) is 18.3. The Kier molecular flexibility index (Phi) is 7.85. The lowest BCUT2D eigenvalue weighted by Crippen LogP contribution is -2.36. The molecule has 0 radical (unpaired) electrons. The second-order valence-corrected chi connectivity index (χ2v) is 9.05. The molecule has 0 bridgehead atoms. The van der Waals surface area contributed by atoms with Gasteiger partial charge in [0.2, 0.25) is 5.75 Å². The number of ether oxygens (including phenoxy) is 6. The van der Waals surface area contributed by atoms with E-state index in [-0.39, 0.29) is 18.1 Å². The maximum Gasteiger partial charge on any atom is 0.336 e. The lowest BCUT2D eigenvalue weighted by Gasteiger charge is -2.37. The van der Waals surface area contributed by atoms with Gasteiger partial charge in [-0.05, 0) is 43.0 Å². The molecule has 38 heavy (non-hydrogen) atoms. The summed E-state index contributed by atoms with van der Waals surface area (Å²) in [6.07, 6.45) is 0.823. The van der Waals surface area contributed by atoms with Crippen LogP contribution >= 0.6 is 0 Å². The Morgan fingerprint density at radius 2 is 1.47 bits per heavy atom. The molecule has 0 unspecified atom stereocenters. The zero-order valence-electron chi connectivity index (χ0n) is 22.7. The summed E-state index contributed by atoms with van der Waals surface area (Å²) in [5.41, 5.74) is 3.79. The van der Waals surface area contributed by atoms with Crippen LogP contribution in [0.25, 0.3) is 0 Å². The highest BCUT2D eigenvalue weighted by atomic mass is 16.5. The van der Waals surface area contributed by atoms with E-state index in [9.17, 15) is 9.59 Å². The molecule has 4 rings (SSSR count). The van der Waals surface area contributed by atoms with Gasteiger partial charge in [-0.2, -0.15) is 0 Å². The van der Waals surface area contributed by atoms with Gasteiger partial charge in [0.15, 0.2) is 28.8 Å². The number of benzene rings is 2. The molecule has 1 aliphatic heterocycles. The number of carbonyl (C=O) groups is 2. The maximum atomic E-state index is 13.9. The SMILES string of the molecule is COC(=O)C1=C(C)NC2=C(C(=O)C[C@H](c3ccc(OC)c(OC)c3)C2)[C@@H]1c1ccc(OC)c(OC)c1OC. The summed E-state index contributed by atoms with van der Waals surface area (Å²) >= 11 is 0. The number of ketones is 1. The first-order valence-electron chi connectivity index (χ1n) is 12.2. The summed E-state index contributed by atoms with van der Waals surface area (Å²) in [7, 11) is 9.05. The van der Waals surface area contributed by atoms with Crippen LogP contribution in [0.4, 0.5) is 0 Å². The van der Waals surface area contributed by atoms with Crippen LogP contribution in [0, 0.1) is 0 Å². The highest BCUT2D eigenvalue weighted by Gasteiger charge is 2.43. The second kappa shape index (κ2) is 11.1. The Morgan fingerprint density at radius 1 is 0.816 bits per heavy atom. The number of hydrogen-bond acceptors (Lipinski definition) is 9. The van der Waals surface area contributed by atoms with Gasteiger partial charge < -0.3 is 33.7 Å². The minimum atomic E-state index is -0.715. The lowest BCUT2D eigenvalue weighted by atomic mass is 9.71. The molecule has 1 aliphatic carbocycles. The largest absolute Gasteiger partial charge is 0.493 e. The van der Waals surface area contributed by atoms with Crippen LogP contribution in [0.2, 0.25) is 0 Å². The van der Waals surface area contributed by atoms with Crippen LogP contribution in [-0.4, -0.2) is 54.4 Å². The van der Waals surface area contributed by atoms with Gasteiger partial charge in [0.1, 0.15) is 0 Å². The highest BCUT2D eigenvalue weighted by molar-refractivity contribution is 6.04. The molecule has 1 heterocycles. The van der Waals surface area contributed by atoms with Gasteiger partial charge in [-0.3, -0.25) is 4.79 Å². The predicted molar refractivity (Wildman–Crippen MR) is 140 cm³/mol. The molecule has 2 aromatic rings. The first-order valence-corrected chi connectivity index (χ1v) is 12.2. The molecule has 0 saturated carbocycles. The number of nitrogens with one attached hydrogen (secondary N) is 1. The summed E-state index contributed by atoms with van der Waals surface area (Å²) in [5.74, 6) is 1.05. The van der Waals surface area contributed by atoms with Crippen molar-refractivity contribution in [1.82, 2.24) is 5.32 Å². The van der Waals surface area contributed by atoms with E-state index in [4.69, 9.17) is 28.4 Å². The van der Waals surface area contributed by atoms with Crippen molar-refractivity contribution in [3.05, 3.63) is 64.0 Å². The number of dihydropyridines is 1. The van der Waals surface area contributed by atoms with E-state index in [0.29, 0.717) is 57.6 Å². The van der Waals surface area contributed by atoms with Crippen LogP contribution < -0.4 is 29.0 Å². The van der Waals surface area contributed by atoms with Crippen molar-refractivity contribution in [2.75, 3.05) is 42.7 Å². The first kappa shape index (κ1) is 26.9. The quantitative estimate of drug-likeness (QED) is 0.509. The molecular weight excluding hydrogens is 490 g/mol. The molecule has 0 fully saturated rings. The van der Waals surface area contributed by atoms with Crippen LogP contribution in [0.1, 0.15) is 42.7 Å². The standard InChI is InChI=1S/C29H33NO8/c1-15-24(29(32)38-7)25(18-9-11-22(34-3)28(37-6)27(18)36-5)26-19(30-15)12-17(13-20(26)31)16-8-10-21(33-2)23(14-16)35-4/h8-11,14,17,25,30H,12-13H2,1-7H3/t17-,25-/m1/s1. The third-order valence-electron chi connectivity index (χ3n) is 7.16. The fourth-order valence-corrected chi connectivity index (χ4v) is 5.42. The van der Waals surface area contributed by atoms with Crippen LogP contribution in [0.5, 0.6) is 28.7 Å².